The van der Waals surface area contributed by atoms with Crippen molar-refractivity contribution >= 4 is 10.0 Å². The predicted molar refractivity (Wildman–Crippen MR) is 65.6 cm³/mol. The molecule has 0 amide bonds. The van der Waals surface area contributed by atoms with Gasteiger partial charge < -0.3 is 0 Å². The topological polar surface area (TPSA) is 61.2 Å². The van der Waals surface area contributed by atoms with Crippen LogP contribution < -0.4 is 0 Å². The predicted octanol–water partition coefficient (Wildman–Crippen LogP) is 2.42. The molecule has 0 bridgehead atoms. The summed E-state index contributed by atoms with van der Waals surface area (Å²) >= 11 is 0. The molecule has 1 aromatic carbocycles. The maximum absolute atomic E-state index is 13.6. The lowest BCUT2D eigenvalue weighted by Gasteiger charge is -2.25. The highest BCUT2D eigenvalue weighted by Gasteiger charge is 2.32. The van der Waals surface area contributed by atoms with E-state index in [0.29, 0.717) is 12.1 Å². The first-order chi connectivity index (χ1) is 9.21. The second kappa shape index (κ2) is 6.24. The molecule has 8 heteroatoms. The summed E-state index contributed by atoms with van der Waals surface area (Å²) in [6, 6.07) is 1.77. The van der Waals surface area contributed by atoms with Crippen molar-refractivity contribution in [3.05, 3.63) is 29.6 Å². The minimum atomic E-state index is -4.49. The van der Waals surface area contributed by atoms with Crippen molar-refractivity contribution < 1.29 is 21.6 Å². The molecule has 1 rings (SSSR count). The van der Waals surface area contributed by atoms with Crippen LogP contribution in [0.2, 0.25) is 0 Å². The van der Waals surface area contributed by atoms with Gasteiger partial charge in [0.25, 0.3) is 0 Å². The largest absolute Gasteiger partial charge is 0.249 e. The third-order valence-corrected chi connectivity index (χ3v) is 4.68. The summed E-state index contributed by atoms with van der Waals surface area (Å²) in [7, 11) is -4.49. The van der Waals surface area contributed by atoms with Gasteiger partial charge in [-0.3, -0.25) is 0 Å². The van der Waals surface area contributed by atoms with E-state index >= 15 is 0 Å². The first-order valence-corrected chi connectivity index (χ1v) is 7.19. The first-order valence-electron chi connectivity index (χ1n) is 5.75. The number of halogens is 3. The average Bonchev–Trinajstić information content (AvgIpc) is 2.26. The van der Waals surface area contributed by atoms with Gasteiger partial charge in [0.2, 0.25) is 10.0 Å². The molecule has 0 saturated heterocycles. The van der Waals surface area contributed by atoms with Gasteiger partial charge in [-0.15, -0.1) is 0 Å². The molecule has 0 spiro atoms. The molecule has 0 aliphatic heterocycles. The normalized spacial score (nSPS) is 11.9. The molecule has 0 saturated carbocycles. The number of hydrogen-bond acceptors (Lipinski definition) is 3. The second-order valence-corrected chi connectivity index (χ2v) is 6.14. The van der Waals surface area contributed by atoms with Gasteiger partial charge in [-0.05, 0) is 13.8 Å². The fourth-order valence-electron chi connectivity index (χ4n) is 1.71. The van der Waals surface area contributed by atoms with E-state index in [4.69, 9.17) is 5.26 Å². The van der Waals surface area contributed by atoms with Gasteiger partial charge in [-0.1, -0.05) is 0 Å². The van der Waals surface area contributed by atoms with Gasteiger partial charge in [0.05, 0.1) is 6.07 Å². The fourth-order valence-corrected chi connectivity index (χ4v) is 3.44. The van der Waals surface area contributed by atoms with Gasteiger partial charge in [0.1, 0.15) is 17.5 Å². The molecule has 1 aromatic rings. The standard InChI is InChI=1S/C12H13F3N2O2S/c1-8(2)17(5-3-4-16)20(18,19)12-10(14)6-9(13)7-11(12)15/h6-8H,3,5H2,1-2H3. The lowest BCUT2D eigenvalue weighted by Crippen LogP contribution is -2.38. The molecule has 0 fully saturated rings. The van der Waals surface area contributed by atoms with Crippen LogP contribution in [0.4, 0.5) is 13.2 Å². The second-order valence-electron chi connectivity index (χ2n) is 4.32. The van der Waals surface area contributed by atoms with E-state index in [1.54, 1.807) is 6.07 Å². The van der Waals surface area contributed by atoms with Crippen LogP contribution in [0.15, 0.2) is 17.0 Å². The number of rotatable bonds is 5. The summed E-state index contributed by atoms with van der Waals surface area (Å²) in [6.07, 6.45) is -0.123. The summed E-state index contributed by atoms with van der Waals surface area (Å²) in [5.41, 5.74) is 0. The first kappa shape index (κ1) is 16.5. The molecule has 0 atom stereocenters. The molecule has 110 valence electrons. The van der Waals surface area contributed by atoms with E-state index in [2.05, 4.69) is 0 Å². The molecule has 0 unspecified atom stereocenters. The highest BCUT2D eigenvalue weighted by molar-refractivity contribution is 7.89. The van der Waals surface area contributed by atoms with Crippen LogP contribution in [-0.4, -0.2) is 25.3 Å². The molecule has 0 aromatic heterocycles. The Morgan fingerprint density at radius 2 is 1.75 bits per heavy atom. The van der Waals surface area contributed by atoms with Gasteiger partial charge in [0.15, 0.2) is 4.90 Å². The van der Waals surface area contributed by atoms with E-state index in [9.17, 15) is 21.6 Å². The van der Waals surface area contributed by atoms with Crippen LogP contribution in [0, 0.1) is 28.8 Å². The summed E-state index contributed by atoms with van der Waals surface area (Å²) in [5.74, 6) is -4.19. The molecule has 0 aliphatic rings. The van der Waals surface area contributed by atoms with Crippen LogP contribution in [0.25, 0.3) is 0 Å². The van der Waals surface area contributed by atoms with Crippen LogP contribution >= 0.6 is 0 Å². The Balaban J connectivity index is 3.38. The molecule has 0 aliphatic carbocycles. The zero-order valence-electron chi connectivity index (χ0n) is 10.9. The zero-order chi connectivity index (χ0) is 15.5. The van der Waals surface area contributed by atoms with Gasteiger partial charge in [-0.25, -0.2) is 21.6 Å². The Labute approximate surface area is 115 Å². The lowest BCUT2D eigenvalue weighted by atomic mass is 10.3. The molecular formula is C12H13F3N2O2S. The van der Waals surface area contributed by atoms with Crippen molar-refractivity contribution in [3.63, 3.8) is 0 Å². The summed E-state index contributed by atoms with van der Waals surface area (Å²) in [5, 5.41) is 8.51. The monoisotopic (exact) mass is 306 g/mol. The third kappa shape index (κ3) is 3.29. The Bertz CT molecular complexity index is 616. The highest BCUT2D eigenvalue weighted by atomic mass is 32.2. The number of benzene rings is 1. The summed E-state index contributed by atoms with van der Waals surface area (Å²) in [4.78, 5) is -1.20. The lowest BCUT2D eigenvalue weighted by molar-refractivity contribution is 0.354. The SMILES string of the molecule is CC(C)N(CCC#N)S(=O)(=O)c1c(F)cc(F)cc1F. The van der Waals surface area contributed by atoms with E-state index in [0.717, 1.165) is 4.31 Å². The number of nitriles is 1. The van der Waals surface area contributed by atoms with E-state index < -0.39 is 38.4 Å². The number of nitrogens with zero attached hydrogens (tertiary/aromatic N) is 2. The quantitative estimate of drug-likeness (QED) is 0.839. The molecule has 20 heavy (non-hydrogen) atoms. The van der Waals surface area contributed by atoms with E-state index in [-0.39, 0.29) is 13.0 Å². The Morgan fingerprint density at radius 3 is 2.15 bits per heavy atom. The number of sulfonamides is 1. The third-order valence-electron chi connectivity index (χ3n) is 2.55. The van der Waals surface area contributed by atoms with Gasteiger partial charge >= 0.3 is 0 Å². The minimum absolute atomic E-state index is 0.123. The van der Waals surface area contributed by atoms with Crippen molar-refractivity contribution in [1.29, 1.82) is 5.26 Å². The maximum Gasteiger partial charge on any atom is 0.249 e. The fraction of sp³-hybridized carbons (Fsp3) is 0.417. The average molecular weight is 306 g/mol. The summed E-state index contributed by atoms with van der Waals surface area (Å²) in [6.45, 7) is 2.81. The Morgan fingerprint density at radius 1 is 1.25 bits per heavy atom. The van der Waals surface area contributed by atoms with Crippen molar-refractivity contribution in [2.45, 2.75) is 31.2 Å². The highest BCUT2D eigenvalue weighted by Crippen LogP contribution is 2.25. The van der Waals surface area contributed by atoms with Crippen molar-refractivity contribution in [2.24, 2.45) is 0 Å². The van der Waals surface area contributed by atoms with Gasteiger partial charge in [-0.2, -0.15) is 9.57 Å². The van der Waals surface area contributed by atoms with Gasteiger partial charge in [0, 0.05) is 31.1 Å². The molecule has 0 heterocycles. The van der Waals surface area contributed by atoms with Crippen LogP contribution in [0.1, 0.15) is 20.3 Å². The Kier molecular flexibility index (Phi) is 5.14. The molecule has 0 radical (unpaired) electrons. The number of hydrogen-bond donors (Lipinski definition) is 0. The Hall–Kier alpha value is -1.59. The molecular weight excluding hydrogens is 293 g/mol. The van der Waals surface area contributed by atoms with Crippen LogP contribution in [-0.2, 0) is 10.0 Å². The minimum Gasteiger partial charge on any atom is -0.207 e. The van der Waals surface area contributed by atoms with Crippen LogP contribution in [0.5, 0.6) is 0 Å². The summed E-state index contributed by atoms with van der Waals surface area (Å²) < 4.78 is 65.3. The van der Waals surface area contributed by atoms with E-state index in [1.807, 2.05) is 0 Å². The van der Waals surface area contributed by atoms with Crippen molar-refractivity contribution in [1.82, 2.24) is 4.31 Å². The smallest absolute Gasteiger partial charge is 0.207 e. The van der Waals surface area contributed by atoms with E-state index in [1.165, 1.54) is 13.8 Å². The maximum atomic E-state index is 13.6. The molecule has 4 nitrogen and oxygen atoms in total. The zero-order valence-corrected chi connectivity index (χ0v) is 11.7. The van der Waals surface area contributed by atoms with Crippen LogP contribution in [0.3, 0.4) is 0 Å². The van der Waals surface area contributed by atoms with Crippen molar-refractivity contribution in [2.75, 3.05) is 6.54 Å². The molecule has 0 N–H and O–H groups in total. The van der Waals surface area contributed by atoms with Crippen molar-refractivity contribution in [3.8, 4) is 6.07 Å².